The molecule has 4 rings (SSSR count). The van der Waals surface area contributed by atoms with Crippen molar-refractivity contribution in [3.63, 3.8) is 0 Å². The van der Waals surface area contributed by atoms with Gasteiger partial charge < -0.3 is 4.74 Å². The number of hydrogen-bond acceptors (Lipinski definition) is 3. The maximum absolute atomic E-state index is 5.89. The topological polar surface area (TPSA) is 39.4 Å². The molecule has 1 unspecified atom stereocenters. The summed E-state index contributed by atoms with van der Waals surface area (Å²) in [7, 11) is 0. The summed E-state index contributed by atoms with van der Waals surface area (Å²) in [5.41, 5.74) is 5.75. The van der Waals surface area contributed by atoms with E-state index in [0.29, 0.717) is 12.5 Å². The zero-order valence-corrected chi connectivity index (χ0v) is 21.6. The molecule has 2 aromatic carbocycles. The quantitative estimate of drug-likeness (QED) is 0.397. The first kappa shape index (κ1) is 21.9. The van der Waals surface area contributed by atoms with Gasteiger partial charge in [-0.15, -0.1) is 5.56 Å². The Balaban J connectivity index is 0.00000240. The van der Waals surface area contributed by atoms with E-state index in [1.165, 1.54) is 16.7 Å². The van der Waals surface area contributed by atoms with E-state index in [4.69, 9.17) is 14.8 Å². The number of aliphatic imine (C=N–C) groups is 1. The van der Waals surface area contributed by atoms with Crippen molar-refractivity contribution in [1.29, 1.82) is 0 Å². The first-order valence-electron chi connectivity index (χ1n) is 9.71. The molecule has 148 valence electrons. The van der Waals surface area contributed by atoms with Crippen LogP contribution < -0.4 is 0 Å². The fourth-order valence-corrected chi connectivity index (χ4v) is 3.36. The van der Waals surface area contributed by atoms with Gasteiger partial charge in [-0.05, 0) is 29.5 Å². The third-order valence-electron chi connectivity index (χ3n) is 5.13. The summed E-state index contributed by atoms with van der Waals surface area (Å²) in [4.78, 5) is 4.80. The zero-order chi connectivity index (χ0) is 19.7. The van der Waals surface area contributed by atoms with Crippen molar-refractivity contribution in [3.05, 3.63) is 88.7 Å². The molecule has 0 N–H and O–H groups in total. The monoisotopic (exact) mass is 610 g/mol. The van der Waals surface area contributed by atoms with Crippen LogP contribution in [0.15, 0.2) is 59.6 Å². The fraction of sp³-hybridized carbons (Fsp3) is 0.333. The second-order valence-electron chi connectivity index (χ2n) is 8.37. The Bertz CT molecular complexity index is 985. The van der Waals surface area contributed by atoms with Gasteiger partial charge in [-0.2, -0.15) is 35.4 Å². The Morgan fingerprint density at radius 1 is 1.10 bits per heavy atom. The van der Waals surface area contributed by atoms with Crippen molar-refractivity contribution in [1.82, 2.24) is 9.78 Å². The van der Waals surface area contributed by atoms with Gasteiger partial charge in [0.25, 0.3) is 0 Å². The minimum atomic E-state index is 0. The van der Waals surface area contributed by atoms with Gasteiger partial charge in [-0.1, -0.05) is 45.0 Å². The maximum Gasteiger partial charge on any atom is 0.238 e. The Kier molecular flexibility index (Phi) is 6.71. The van der Waals surface area contributed by atoms with Crippen LogP contribution in [0.1, 0.15) is 54.9 Å². The van der Waals surface area contributed by atoms with Gasteiger partial charge in [0.15, 0.2) is 0 Å². The van der Waals surface area contributed by atoms with Crippen molar-refractivity contribution < 1.29 is 35.9 Å². The SMILES string of the molecule is Cc1cc(C2=NC(c3ccc(C(C)(C)C)cc3)CO2)nn1Cc1cc[c-]cc1.[U]. The molecule has 0 fully saturated rings. The number of aromatic nitrogens is 2. The third-order valence-corrected chi connectivity index (χ3v) is 5.13. The molecule has 1 aliphatic rings. The Labute approximate surface area is 196 Å². The number of ether oxygens (including phenoxy) is 1. The minimum Gasteiger partial charge on any atom is -0.474 e. The number of nitrogens with zero attached hydrogens (tertiary/aromatic N) is 3. The van der Waals surface area contributed by atoms with Gasteiger partial charge in [0.05, 0.1) is 0 Å². The van der Waals surface area contributed by atoms with E-state index < -0.39 is 0 Å². The van der Waals surface area contributed by atoms with Crippen LogP contribution in [0.2, 0.25) is 0 Å². The summed E-state index contributed by atoms with van der Waals surface area (Å²) in [6.45, 7) is 10.0. The van der Waals surface area contributed by atoms with Crippen LogP contribution in [-0.2, 0) is 16.7 Å². The Morgan fingerprint density at radius 2 is 1.79 bits per heavy atom. The van der Waals surface area contributed by atoms with Crippen LogP contribution in [0.3, 0.4) is 0 Å². The zero-order valence-electron chi connectivity index (χ0n) is 17.4. The van der Waals surface area contributed by atoms with Gasteiger partial charge in [0.1, 0.15) is 18.3 Å². The van der Waals surface area contributed by atoms with Crippen LogP contribution in [0.25, 0.3) is 0 Å². The molecule has 1 atom stereocenters. The van der Waals surface area contributed by atoms with E-state index in [9.17, 15) is 0 Å². The number of benzene rings is 2. The van der Waals surface area contributed by atoms with Crippen molar-refractivity contribution in [2.45, 2.75) is 45.7 Å². The molecule has 1 aromatic heterocycles. The summed E-state index contributed by atoms with van der Waals surface area (Å²) in [5.74, 6) is 0.633. The molecule has 0 radical (unpaired) electrons. The Morgan fingerprint density at radius 3 is 2.45 bits per heavy atom. The van der Waals surface area contributed by atoms with E-state index in [0.717, 1.165) is 17.9 Å². The van der Waals surface area contributed by atoms with Gasteiger partial charge >= 0.3 is 0 Å². The molecule has 0 saturated heterocycles. The second kappa shape index (κ2) is 8.90. The van der Waals surface area contributed by atoms with Crippen molar-refractivity contribution in [3.8, 4) is 0 Å². The molecule has 0 aliphatic carbocycles. The predicted molar refractivity (Wildman–Crippen MR) is 112 cm³/mol. The van der Waals surface area contributed by atoms with E-state index in [1.807, 2.05) is 22.9 Å². The predicted octanol–water partition coefficient (Wildman–Crippen LogP) is 4.86. The smallest absolute Gasteiger partial charge is 0.238 e. The molecule has 0 amide bonds. The molecule has 3 aromatic rings. The van der Waals surface area contributed by atoms with E-state index in [1.54, 1.807) is 0 Å². The summed E-state index contributed by atoms with van der Waals surface area (Å²) in [6, 6.07) is 21.8. The number of aryl methyl sites for hydroxylation is 1. The van der Waals surface area contributed by atoms with E-state index in [2.05, 4.69) is 70.2 Å². The average Bonchev–Trinajstić information content (AvgIpc) is 3.30. The molecular formula is C24H26N3OU-. The average molecular weight is 611 g/mol. The fourth-order valence-electron chi connectivity index (χ4n) is 3.36. The minimum absolute atomic E-state index is 0. The van der Waals surface area contributed by atoms with Crippen LogP contribution in [0.5, 0.6) is 0 Å². The van der Waals surface area contributed by atoms with Crippen molar-refractivity contribution in [2.75, 3.05) is 6.61 Å². The van der Waals surface area contributed by atoms with Crippen LogP contribution in [0.4, 0.5) is 0 Å². The van der Waals surface area contributed by atoms with Crippen molar-refractivity contribution >= 4 is 5.90 Å². The number of rotatable bonds is 4. The molecule has 2 heterocycles. The standard InChI is InChI=1S/C24H26N3O.U/c1-17-14-21(26-27(17)15-18-8-6-5-7-9-18)23-25-22(16-28-23)19-10-12-20(13-11-19)24(2,3)4;/h6-14,22H,15-16H2,1-4H3;/q-1;. The van der Waals surface area contributed by atoms with Crippen molar-refractivity contribution in [2.24, 2.45) is 4.99 Å². The van der Waals surface area contributed by atoms with Gasteiger partial charge in [-0.3, -0.25) is 4.68 Å². The van der Waals surface area contributed by atoms with Gasteiger partial charge in [0.2, 0.25) is 5.90 Å². The largest absolute Gasteiger partial charge is 0.474 e. The van der Waals surface area contributed by atoms with Gasteiger partial charge in [0, 0.05) is 43.4 Å². The molecule has 0 spiro atoms. The molecule has 4 nitrogen and oxygen atoms in total. The van der Waals surface area contributed by atoms with Crippen LogP contribution in [0, 0.1) is 44.1 Å². The summed E-state index contributed by atoms with van der Waals surface area (Å²) >= 11 is 0. The normalized spacial score (nSPS) is 16.1. The molecule has 1 aliphatic heterocycles. The molecule has 5 heteroatoms. The second-order valence-corrected chi connectivity index (χ2v) is 8.37. The first-order valence-corrected chi connectivity index (χ1v) is 9.71. The summed E-state index contributed by atoms with van der Waals surface area (Å²) in [5, 5.41) is 4.71. The molecule has 0 bridgehead atoms. The molecule has 29 heavy (non-hydrogen) atoms. The van der Waals surface area contributed by atoms with E-state index >= 15 is 0 Å². The molecular weight excluding hydrogens is 584 g/mol. The van der Waals surface area contributed by atoms with Crippen LogP contribution in [-0.4, -0.2) is 22.3 Å². The maximum atomic E-state index is 5.89. The third kappa shape index (κ3) is 5.02. The first-order chi connectivity index (χ1) is 13.4. The molecule has 0 saturated carbocycles. The van der Waals surface area contributed by atoms with Crippen LogP contribution >= 0.6 is 0 Å². The number of hydrogen-bond donors (Lipinski definition) is 0. The van der Waals surface area contributed by atoms with E-state index in [-0.39, 0.29) is 42.6 Å². The summed E-state index contributed by atoms with van der Waals surface area (Å²) in [6.07, 6.45) is 0. The van der Waals surface area contributed by atoms with Gasteiger partial charge in [-0.25, -0.2) is 4.99 Å². The Hall–Kier alpha value is -1.83. The summed E-state index contributed by atoms with van der Waals surface area (Å²) < 4.78 is 7.88.